The van der Waals surface area contributed by atoms with Crippen molar-refractivity contribution < 1.29 is 9.18 Å². The minimum atomic E-state index is -0.243. The molecule has 1 amide bonds. The van der Waals surface area contributed by atoms with E-state index in [-0.39, 0.29) is 11.7 Å². The van der Waals surface area contributed by atoms with E-state index in [2.05, 4.69) is 24.5 Å². The van der Waals surface area contributed by atoms with Gasteiger partial charge in [-0.25, -0.2) is 9.37 Å². The molecule has 3 aromatic rings. The third-order valence-electron chi connectivity index (χ3n) is 5.27. The van der Waals surface area contributed by atoms with Gasteiger partial charge in [-0.3, -0.25) is 9.69 Å². The van der Waals surface area contributed by atoms with Crippen LogP contribution in [0.5, 0.6) is 0 Å². The van der Waals surface area contributed by atoms with E-state index < -0.39 is 0 Å². The molecule has 4 rings (SSSR count). The molecule has 2 aromatic carbocycles. The monoisotopic (exact) mass is 493 g/mol. The Hall–Kier alpha value is -2.26. The van der Waals surface area contributed by atoms with E-state index in [1.807, 2.05) is 0 Å². The van der Waals surface area contributed by atoms with Gasteiger partial charge in [0.25, 0.3) is 5.91 Å². The number of benzene rings is 2. The van der Waals surface area contributed by atoms with Crippen LogP contribution in [0.3, 0.4) is 0 Å². The highest BCUT2D eigenvalue weighted by Gasteiger charge is 2.20. The summed E-state index contributed by atoms with van der Waals surface area (Å²) in [6.07, 6.45) is 0.593. The first-order valence-electron chi connectivity index (χ1n) is 10.3. The largest absolute Gasteiger partial charge is 0.351 e. The number of hydrogen-bond acceptors (Lipinski definition) is 6. The Morgan fingerprint density at radius 2 is 1.81 bits per heavy atom. The third kappa shape index (κ3) is 5.95. The molecule has 0 bridgehead atoms. The summed E-state index contributed by atoms with van der Waals surface area (Å²) >= 11 is 13.3. The first kappa shape index (κ1) is 22.9. The smallest absolute Gasteiger partial charge is 0.251 e. The third-order valence-corrected chi connectivity index (χ3v) is 6.82. The predicted octanol–water partition coefficient (Wildman–Crippen LogP) is 4.13. The molecule has 1 aromatic heterocycles. The summed E-state index contributed by atoms with van der Waals surface area (Å²) < 4.78 is 17.5. The van der Waals surface area contributed by atoms with Crippen LogP contribution in [-0.4, -0.2) is 59.4 Å². The zero-order valence-corrected chi connectivity index (χ0v) is 19.6. The second-order valence-corrected chi connectivity index (χ2v) is 9.05. The van der Waals surface area contributed by atoms with Gasteiger partial charge in [0.1, 0.15) is 11.6 Å². The minimum absolute atomic E-state index is 0.162. The van der Waals surface area contributed by atoms with Gasteiger partial charge in [0.05, 0.1) is 10.0 Å². The molecule has 32 heavy (non-hydrogen) atoms. The zero-order chi connectivity index (χ0) is 22.5. The van der Waals surface area contributed by atoms with Crippen molar-refractivity contribution in [3.8, 4) is 0 Å². The predicted molar refractivity (Wildman–Crippen MR) is 127 cm³/mol. The lowest BCUT2D eigenvalue weighted by Gasteiger charge is -2.34. The SMILES string of the molecule is O=C(NCCN1CCN(c2nc(Cc3ccc(F)cc3)ns2)CC1)c1ccc(Cl)c(Cl)c1. The van der Waals surface area contributed by atoms with Crippen LogP contribution in [0.2, 0.25) is 10.0 Å². The van der Waals surface area contributed by atoms with E-state index >= 15 is 0 Å². The van der Waals surface area contributed by atoms with Crippen LogP contribution in [0.4, 0.5) is 9.52 Å². The highest BCUT2D eigenvalue weighted by molar-refractivity contribution is 7.09. The second kappa shape index (κ2) is 10.6. The number of nitrogens with zero attached hydrogens (tertiary/aromatic N) is 4. The van der Waals surface area contributed by atoms with Crippen LogP contribution in [0.1, 0.15) is 21.7 Å². The van der Waals surface area contributed by atoms with Crippen LogP contribution in [0.25, 0.3) is 0 Å². The zero-order valence-electron chi connectivity index (χ0n) is 17.2. The molecule has 1 aliphatic heterocycles. The lowest BCUT2D eigenvalue weighted by Crippen LogP contribution is -2.48. The van der Waals surface area contributed by atoms with Crippen molar-refractivity contribution >= 4 is 45.8 Å². The first-order chi connectivity index (χ1) is 15.5. The van der Waals surface area contributed by atoms with Crippen molar-refractivity contribution in [2.24, 2.45) is 0 Å². The quantitative estimate of drug-likeness (QED) is 0.536. The molecular weight excluding hydrogens is 472 g/mol. The average molecular weight is 494 g/mol. The van der Waals surface area contributed by atoms with Crippen LogP contribution in [0.15, 0.2) is 42.5 Å². The lowest BCUT2D eigenvalue weighted by atomic mass is 10.1. The number of aromatic nitrogens is 2. The van der Waals surface area contributed by atoms with E-state index in [1.165, 1.54) is 23.7 Å². The molecule has 0 unspecified atom stereocenters. The molecule has 6 nitrogen and oxygen atoms in total. The van der Waals surface area contributed by atoms with E-state index in [4.69, 9.17) is 23.2 Å². The molecular formula is C22H22Cl2FN5OS. The Labute approximate surface area is 200 Å². The van der Waals surface area contributed by atoms with Gasteiger partial charge in [0.2, 0.25) is 5.13 Å². The van der Waals surface area contributed by atoms with Gasteiger partial charge in [-0.05, 0) is 35.9 Å². The summed E-state index contributed by atoms with van der Waals surface area (Å²) in [6.45, 7) is 4.80. The van der Waals surface area contributed by atoms with E-state index in [1.54, 1.807) is 30.3 Å². The van der Waals surface area contributed by atoms with Gasteiger partial charge in [0.15, 0.2) is 0 Å². The van der Waals surface area contributed by atoms with Crippen molar-refractivity contribution in [2.75, 3.05) is 44.2 Å². The molecule has 1 fully saturated rings. The Kier molecular flexibility index (Phi) is 7.57. The average Bonchev–Trinajstić information content (AvgIpc) is 3.26. The van der Waals surface area contributed by atoms with Gasteiger partial charge < -0.3 is 10.2 Å². The molecule has 0 spiro atoms. The summed E-state index contributed by atoms with van der Waals surface area (Å²) in [6, 6.07) is 11.3. The summed E-state index contributed by atoms with van der Waals surface area (Å²) in [5.74, 6) is 0.348. The maximum Gasteiger partial charge on any atom is 0.251 e. The number of amides is 1. The Morgan fingerprint density at radius 3 is 2.53 bits per heavy atom. The number of hydrogen-bond donors (Lipinski definition) is 1. The summed E-state index contributed by atoms with van der Waals surface area (Å²) in [5.41, 5.74) is 1.49. The van der Waals surface area contributed by atoms with Gasteiger partial charge in [0, 0.05) is 62.8 Å². The highest BCUT2D eigenvalue weighted by atomic mass is 35.5. The minimum Gasteiger partial charge on any atom is -0.351 e. The molecule has 0 aliphatic carbocycles. The summed E-state index contributed by atoms with van der Waals surface area (Å²) in [4.78, 5) is 21.5. The van der Waals surface area contributed by atoms with Crippen molar-refractivity contribution in [2.45, 2.75) is 6.42 Å². The fourth-order valence-corrected chi connectivity index (χ4v) is 4.49. The number of rotatable bonds is 7. The highest BCUT2D eigenvalue weighted by Crippen LogP contribution is 2.23. The number of carbonyl (C=O) groups is 1. The number of nitrogens with one attached hydrogen (secondary N) is 1. The Morgan fingerprint density at radius 1 is 1.06 bits per heavy atom. The normalized spacial score (nSPS) is 14.5. The van der Waals surface area contributed by atoms with Gasteiger partial charge in [-0.15, -0.1) is 0 Å². The van der Waals surface area contributed by atoms with Gasteiger partial charge in [-0.1, -0.05) is 35.3 Å². The number of anilines is 1. The van der Waals surface area contributed by atoms with Crippen LogP contribution in [-0.2, 0) is 6.42 Å². The van der Waals surface area contributed by atoms with Gasteiger partial charge >= 0.3 is 0 Å². The summed E-state index contributed by atoms with van der Waals surface area (Å²) in [5, 5.41) is 4.64. The topological polar surface area (TPSA) is 61.4 Å². The lowest BCUT2D eigenvalue weighted by molar-refractivity contribution is 0.0948. The molecule has 0 radical (unpaired) electrons. The van der Waals surface area contributed by atoms with Crippen LogP contribution in [0, 0.1) is 5.82 Å². The van der Waals surface area contributed by atoms with E-state index in [0.717, 1.165) is 49.2 Å². The van der Waals surface area contributed by atoms with Crippen molar-refractivity contribution in [3.63, 3.8) is 0 Å². The van der Waals surface area contributed by atoms with E-state index in [9.17, 15) is 9.18 Å². The fourth-order valence-electron chi connectivity index (χ4n) is 3.46. The maximum absolute atomic E-state index is 13.1. The number of carbonyl (C=O) groups excluding carboxylic acids is 1. The fraction of sp³-hybridized carbons (Fsp3) is 0.318. The summed E-state index contributed by atoms with van der Waals surface area (Å²) in [7, 11) is 0. The molecule has 2 heterocycles. The van der Waals surface area contributed by atoms with Crippen LogP contribution < -0.4 is 10.2 Å². The van der Waals surface area contributed by atoms with Crippen LogP contribution >= 0.6 is 34.7 Å². The second-order valence-electron chi connectivity index (χ2n) is 7.51. The molecule has 0 atom stereocenters. The molecule has 10 heteroatoms. The molecule has 0 saturated carbocycles. The molecule has 168 valence electrons. The molecule has 1 saturated heterocycles. The van der Waals surface area contributed by atoms with Gasteiger partial charge in [-0.2, -0.15) is 4.37 Å². The van der Waals surface area contributed by atoms with E-state index in [0.29, 0.717) is 28.6 Å². The Bertz CT molecular complexity index is 1070. The Balaban J connectivity index is 1.20. The molecule has 1 N–H and O–H groups in total. The molecule has 1 aliphatic rings. The maximum atomic E-state index is 13.1. The standard InChI is InChI=1S/C22H22Cl2FN5OS/c23-18-6-3-16(14-19(18)24)21(31)26-7-8-29-9-11-30(12-10-29)22-27-20(28-32-22)13-15-1-4-17(25)5-2-15/h1-6,14H,7-13H2,(H,26,31). The number of halogens is 3. The van der Waals surface area contributed by atoms with Crippen molar-refractivity contribution in [1.82, 2.24) is 19.6 Å². The number of piperazine rings is 1. The first-order valence-corrected chi connectivity index (χ1v) is 11.8. The van der Waals surface area contributed by atoms with Crippen molar-refractivity contribution in [3.05, 3.63) is 75.3 Å². The van der Waals surface area contributed by atoms with Crippen molar-refractivity contribution in [1.29, 1.82) is 0 Å².